The molecular weight excluding hydrogens is 395 g/mol. The third kappa shape index (κ3) is 4.27. The lowest BCUT2D eigenvalue weighted by atomic mass is 10.2. The second kappa shape index (κ2) is 7.90. The van der Waals surface area contributed by atoms with E-state index in [2.05, 4.69) is 30.6 Å². The van der Waals surface area contributed by atoms with Crippen LogP contribution in [0, 0.1) is 0 Å². The van der Waals surface area contributed by atoms with E-state index >= 15 is 0 Å². The van der Waals surface area contributed by atoms with Crippen LogP contribution in [0.25, 0.3) is 17.1 Å². The molecule has 30 heavy (non-hydrogen) atoms. The van der Waals surface area contributed by atoms with Gasteiger partial charge in [-0.05, 0) is 31.2 Å². The normalized spacial score (nSPS) is 12.5. The van der Waals surface area contributed by atoms with Crippen LogP contribution in [0.5, 0.6) is 0 Å². The number of nitrogens with one attached hydrogen (secondary N) is 1. The Bertz CT molecular complexity index is 1130. The monoisotopic (exact) mass is 411 g/mol. The van der Waals surface area contributed by atoms with Gasteiger partial charge in [-0.25, -0.2) is 14.6 Å². The maximum Gasteiger partial charge on any atom is 0.433 e. The van der Waals surface area contributed by atoms with E-state index in [-0.39, 0.29) is 11.6 Å². The first kappa shape index (κ1) is 19.5. The highest BCUT2D eigenvalue weighted by Gasteiger charge is 2.34. The molecule has 4 aromatic rings. The van der Waals surface area contributed by atoms with Crippen molar-refractivity contribution >= 4 is 5.82 Å². The van der Waals surface area contributed by atoms with Crippen LogP contribution in [0.3, 0.4) is 0 Å². The Kier molecular flexibility index (Phi) is 5.13. The Morgan fingerprint density at radius 3 is 2.43 bits per heavy atom. The third-order valence-electron chi connectivity index (χ3n) is 4.29. The maximum absolute atomic E-state index is 13.4. The van der Waals surface area contributed by atoms with Crippen LogP contribution in [0.4, 0.5) is 19.0 Å². The van der Waals surface area contributed by atoms with Crippen molar-refractivity contribution in [2.45, 2.75) is 19.1 Å². The molecule has 4 rings (SSSR count). The van der Waals surface area contributed by atoms with Gasteiger partial charge in [-0.15, -0.1) is 5.10 Å². The van der Waals surface area contributed by atoms with E-state index in [0.717, 1.165) is 11.8 Å². The summed E-state index contributed by atoms with van der Waals surface area (Å²) in [5.41, 5.74) is 0.773. The van der Waals surface area contributed by atoms with Gasteiger partial charge in [0.25, 0.3) is 0 Å². The zero-order chi connectivity index (χ0) is 21.1. The number of para-hydroxylation sites is 1. The molecule has 10 heteroatoms. The summed E-state index contributed by atoms with van der Waals surface area (Å²) in [6.07, 6.45) is 0.0383. The van der Waals surface area contributed by atoms with Crippen molar-refractivity contribution in [2.75, 3.05) is 5.32 Å². The molecule has 7 nitrogen and oxygen atoms in total. The molecule has 0 aliphatic carbocycles. The largest absolute Gasteiger partial charge is 0.433 e. The molecule has 0 saturated carbocycles. The highest BCUT2D eigenvalue weighted by atomic mass is 19.4. The minimum atomic E-state index is -4.61. The van der Waals surface area contributed by atoms with Crippen LogP contribution in [-0.2, 0) is 6.18 Å². The lowest BCUT2D eigenvalue weighted by Gasteiger charge is -2.15. The third-order valence-corrected chi connectivity index (χ3v) is 4.29. The fourth-order valence-corrected chi connectivity index (χ4v) is 2.77. The zero-order valence-corrected chi connectivity index (χ0v) is 15.7. The molecular formula is C20H16F3N7. The predicted molar refractivity (Wildman–Crippen MR) is 104 cm³/mol. The minimum absolute atomic E-state index is 0.0332. The molecule has 152 valence electrons. The lowest BCUT2D eigenvalue weighted by molar-refractivity contribution is -0.141. The van der Waals surface area contributed by atoms with Gasteiger partial charge in [0, 0.05) is 24.0 Å². The summed E-state index contributed by atoms with van der Waals surface area (Å²) in [6.45, 7) is 1.76. The minimum Gasteiger partial charge on any atom is -0.362 e. The van der Waals surface area contributed by atoms with Gasteiger partial charge in [-0.1, -0.05) is 23.4 Å². The summed E-state index contributed by atoms with van der Waals surface area (Å²) in [6, 6.07) is 12.9. The number of hydrogen-bond donors (Lipinski definition) is 1. The van der Waals surface area contributed by atoms with Crippen LogP contribution in [0.1, 0.15) is 24.4 Å². The number of alkyl halides is 3. The van der Waals surface area contributed by atoms with Crippen LogP contribution in [0.2, 0.25) is 0 Å². The number of hydrogen-bond acceptors (Lipinski definition) is 6. The Labute approximate surface area is 169 Å². The fraction of sp³-hybridized carbons (Fsp3) is 0.150. The molecule has 0 aliphatic rings. The van der Waals surface area contributed by atoms with Crippen molar-refractivity contribution in [2.24, 2.45) is 0 Å². The van der Waals surface area contributed by atoms with Gasteiger partial charge in [0.2, 0.25) is 0 Å². The molecule has 0 bridgehead atoms. The average Bonchev–Trinajstić information content (AvgIpc) is 3.25. The van der Waals surface area contributed by atoms with Gasteiger partial charge in [-0.2, -0.15) is 13.2 Å². The highest BCUT2D eigenvalue weighted by Crippen LogP contribution is 2.31. The van der Waals surface area contributed by atoms with Crippen molar-refractivity contribution in [3.8, 4) is 17.1 Å². The molecule has 0 spiro atoms. The topological polar surface area (TPSA) is 81.4 Å². The first-order valence-corrected chi connectivity index (χ1v) is 9.01. The molecule has 0 amide bonds. The van der Waals surface area contributed by atoms with E-state index in [4.69, 9.17) is 0 Å². The van der Waals surface area contributed by atoms with Gasteiger partial charge in [-0.3, -0.25) is 4.98 Å². The number of pyridine rings is 1. The first-order chi connectivity index (χ1) is 14.4. The van der Waals surface area contributed by atoms with Crippen molar-refractivity contribution in [1.82, 2.24) is 29.9 Å². The molecule has 0 radical (unpaired) electrons. The van der Waals surface area contributed by atoms with Gasteiger partial charge < -0.3 is 5.32 Å². The zero-order valence-electron chi connectivity index (χ0n) is 15.7. The molecule has 1 unspecified atom stereocenters. The number of aromatic nitrogens is 6. The Hall–Kier alpha value is -3.82. The van der Waals surface area contributed by atoms with E-state index in [0.29, 0.717) is 11.3 Å². The first-order valence-electron chi connectivity index (χ1n) is 9.01. The summed E-state index contributed by atoms with van der Waals surface area (Å²) in [5, 5.41) is 11.2. The molecule has 1 atom stereocenters. The summed E-state index contributed by atoms with van der Waals surface area (Å²) >= 11 is 0. The van der Waals surface area contributed by atoms with Crippen LogP contribution in [-0.4, -0.2) is 29.9 Å². The number of nitrogens with zero attached hydrogens (tertiary/aromatic N) is 6. The van der Waals surface area contributed by atoms with Crippen LogP contribution >= 0.6 is 0 Å². The summed E-state index contributed by atoms with van der Waals surface area (Å²) in [5.74, 6) is -0.0132. The van der Waals surface area contributed by atoms with Crippen LogP contribution in [0.15, 0.2) is 67.1 Å². The van der Waals surface area contributed by atoms with E-state index in [1.807, 2.05) is 30.3 Å². The highest BCUT2D eigenvalue weighted by molar-refractivity contribution is 5.57. The second-order valence-corrected chi connectivity index (χ2v) is 6.49. The van der Waals surface area contributed by atoms with Crippen molar-refractivity contribution in [3.63, 3.8) is 0 Å². The van der Waals surface area contributed by atoms with E-state index in [1.165, 1.54) is 12.4 Å². The Balaban J connectivity index is 1.63. The quantitative estimate of drug-likeness (QED) is 0.527. The van der Waals surface area contributed by atoms with E-state index in [1.54, 1.807) is 29.9 Å². The molecule has 1 aromatic carbocycles. The van der Waals surface area contributed by atoms with Crippen LogP contribution < -0.4 is 5.32 Å². The summed E-state index contributed by atoms with van der Waals surface area (Å²) in [4.78, 5) is 11.8. The molecule has 3 heterocycles. The molecule has 1 N–H and O–H groups in total. The fourth-order valence-electron chi connectivity index (χ4n) is 2.77. The second-order valence-electron chi connectivity index (χ2n) is 6.49. The number of rotatable bonds is 5. The lowest BCUT2D eigenvalue weighted by Crippen LogP contribution is -2.14. The molecule has 0 saturated heterocycles. The van der Waals surface area contributed by atoms with Crippen molar-refractivity contribution in [3.05, 3.63) is 78.5 Å². The molecule has 0 aliphatic heterocycles. The average molecular weight is 411 g/mol. The predicted octanol–water partition coefficient (Wildman–Crippen LogP) is 4.31. The van der Waals surface area contributed by atoms with Crippen molar-refractivity contribution in [1.29, 1.82) is 0 Å². The molecule has 3 aromatic heterocycles. The van der Waals surface area contributed by atoms with E-state index < -0.39 is 17.9 Å². The maximum atomic E-state index is 13.4. The summed E-state index contributed by atoms with van der Waals surface area (Å²) in [7, 11) is 0. The Morgan fingerprint density at radius 1 is 1.00 bits per heavy atom. The van der Waals surface area contributed by atoms with Crippen molar-refractivity contribution < 1.29 is 13.2 Å². The van der Waals surface area contributed by atoms with Gasteiger partial charge in [0.15, 0.2) is 11.5 Å². The van der Waals surface area contributed by atoms with E-state index in [9.17, 15) is 13.2 Å². The number of halogens is 3. The summed E-state index contributed by atoms with van der Waals surface area (Å²) < 4.78 is 41.7. The van der Waals surface area contributed by atoms with Gasteiger partial charge in [0.1, 0.15) is 11.5 Å². The number of benzene rings is 1. The SMILES string of the molecule is CC(Nc1cc(C(F)(F)F)nc(-c2ccncc2)n1)c1cn(-c2ccccc2)nn1. The molecule has 0 fully saturated rings. The number of anilines is 1. The smallest absolute Gasteiger partial charge is 0.362 e. The Morgan fingerprint density at radius 2 is 1.73 bits per heavy atom. The van der Waals surface area contributed by atoms with Gasteiger partial charge >= 0.3 is 6.18 Å². The van der Waals surface area contributed by atoms with Gasteiger partial charge in [0.05, 0.1) is 17.9 Å². The standard InChI is InChI=1S/C20H16F3N7/c1-13(16-12-30(29-28-16)15-5-3-2-4-6-15)25-18-11-17(20(21,22)23)26-19(27-18)14-7-9-24-10-8-14/h2-13H,1H3,(H,25,26,27).